The molecule has 2 rings (SSSR count). The van der Waals surface area contributed by atoms with E-state index in [1.165, 1.54) is 0 Å². The van der Waals surface area contributed by atoms with Gasteiger partial charge in [-0.1, -0.05) is 0 Å². The van der Waals surface area contributed by atoms with E-state index in [-0.39, 0.29) is 21.6 Å². The van der Waals surface area contributed by atoms with Crippen molar-refractivity contribution >= 4 is 31.6 Å². The molecule has 6 nitrogen and oxygen atoms in total. The topological polar surface area (TPSA) is 90.0 Å². The molecule has 0 aliphatic carbocycles. The standard InChI is InChI=1S/C12H14BrFN4O2S/c1-18-7-8(6-16-18)2-3-17-21(19,20)12-4-9(13)10(14)5-11(12)15/h4-7,17H,2-3,15H2,1H3. The number of nitrogen functional groups attached to an aromatic ring is 1. The molecule has 2 aromatic rings. The van der Waals surface area contributed by atoms with Crippen LogP contribution in [0.3, 0.4) is 0 Å². The fraction of sp³-hybridized carbons (Fsp3) is 0.250. The van der Waals surface area contributed by atoms with Crippen molar-refractivity contribution < 1.29 is 12.8 Å². The Morgan fingerprint density at radius 2 is 2.19 bits per heavy atom. The van der Waals surface area contributed by atoms with Gasteiger partial charge in [-0.15, -0.1) is 0 Å². The second-order valence-corrected chi connectivity index (χ2v) is 7.06. The van der Waals surface area contributed by atoms with Gasteiger partial charge in [0.25, 0.3) is 0 Å². The number of anilines is 1. The number of benzene rings is 1. The molecule has 0 amide bonds. The second kappa shape index (κ2) is 6.12. The van der Waals surface area contributed by atoms with Gasteiger partial charge in [-0.25, -0.2) is 17.5 Å². The van der Waals surface area contributed by atoms with Crippen LogP contribution in [0, 0.1) is 5.82 Å². The second-order valence-electron chi connectivity index (χ2n) is 4.47. The quantitative estimate of drug-likeness (QED) is 0.772. The summed E-state index contributed by atoms with van der Waals surface area (Å²) in [7, 11) is -2.01. The minimum Gasteiger partial charge on any atom is -0.398 e. The maximum atomic E-state index is 13.3. The van der Waals surface area contributed by atoms with E-state index in [1.54, 1.807) is 24.1 Å². The van der Waals surface area contributed by atoms with E-state index in [0.717, 1.165) is 17.7 Å². The molecule has 0 saturated heterocycles. The summed E-state index contributed by atoms with van der Waals surface area (Å²) >= 11 is 2.95. The molecule has 1 heterocycles. The Balaban J connectivity index is 2.10. The van der Waals surface area contributed by atoms with E-state index in [9.17, 15) is 12.8 Å². The number of nitrogens with zero attached hydrogens (tertiary/aromatic N) is 2. The van der Waals surface area contributed by atoms with Crippen molar-refractivity contribution in [1.29, 1.82) is 0 Å². The maximum Gasteiger partial charge on any atom is 0.242 e. The van der Waals surface area contributed by atoms with Crippen molar-refractivity contribution in [3.8, 4) is 0 Å². The Bertz CT molecular complexity index is 761. The zero-order valence-corrected chi connectivity index (χ0v) is 13.6. The smallest absolute Gasteiger partial charge is 0.242 e. The number of sulfonamides is 1. The molecular weight excluding hydrogens is 363 g/mol. The monoisotopic (exact) mass is 376 g/mol. The fourth-order valence-electron chi connectivity index (χ4n) is 1.79. The highest BCUT2D eigenvalue weighted by Crippen LogP contribution is 2.25. The third-order valence-corrected chi connectivity index (χ3v) is 4.93. The summed E-state index contributed by atoms with van der Waals surface area (Å²) in [4.78, 5) is -0.151. The molecule has 1 aromatic carbocycles. The Morgan fingerprint density at radius 3 is 2.81 bits per heavy atom. The molecule has 0 aliphatic rings. The van der Waals surface area contributed by atoms with Gasteiger partial charge in [0, 0.05) is 19.8 Å². The van der Waals surface area contributed by atoms with E-state index in [0.29, 0.717) is 6.42 Å². The van der Waals surface area contributed by atoms with Gasteiger partial charge in [0.2, 0.25) is 10.0 Å². The van der Waals surface area contributed by atoms with Crippen molar-refractivity contribution in [2.24, 2.45) is 7.05 Å². The van der Waals surface area contributed by atoms with Crippen molar-refractivity contribution in [2.75, 3.05) is 12.3 Å². The number of halogens is 2. The number of aryl methyl sites for hydroxylation is 1. The minimum absolute atomic E-state index is 0.0457. The lowest BCUT2D eigenvalue weighted by Gasteiger charge is -2.09. The lowest BCUT2D eigenvalue weighted by atomic mass is 10.3. The van der Waals surface area contributed by atoms with Gasteiger partial charge in [0.15, 0.2) is 0 Å². The summed E-state index contributed by atoms with van der Waals surface area (Å²) < 4.78 is 41.7. The van der Waals surface area contributed by atoms with Gasteiger partial charge in [-0.05, 0) is 40.0 Å². The van der Waals surface area contributed by atoms with Crippen LogP contribution in [0.2, 0.25) is 0 Å². The highest BCUT2D eigenvalue weighted by atomic mass is 79.9. The molecule has 0 spiro atoms. The predicted octanol–water partition coefficient (Wildman–Crippen LogP) is 1.42. The third-order valence-electron chi connectivity index (χ3n) is 2.81. The van der Waals surface area contributed by atoms with E-state index < -0.39 is 15.8 Å². The highest BCUT2D eigenvalue weighted by Gasteiger charge is 2.19. The molecule has 1 aromatic heterocycles. The first-order valence-corrected chi connectivity index (χ1v) is 8.29. The van der Waals surface area contributed by atoms with Gasteiger partial charge in [-0.3, -0.25) is 4.68 Å². The van der Waals surface area contributed by atoms with Crippen molar-refractivity contribution in [2.45, 2.75) is 11.3 Å². The third kappa shape index (κ3) is 3.80. The largest absolute Gasteiger partial charge is 0.398 e. The molecule has 0 saturated carbocycles. The van der Waals surface area contributed by atoms with Crippen LogP contribution in [-0.4, -0.2) is 24.7 Å². The number of aromatic nitrogens is 2. The Kier molecular flexibility index (Phi) is 4.64. The van der Waals surface area contributed by atoms with Crippen molar-refractivity contribution in [3.05, 3.63) is 40.4 Å². The average molecular weight is 377 g/mol. The summed E-state index contributed by atoms with van der Waals surface area (Å²) in [5, 5.41) is 4.00. The van der Waals surface area contributed by atoms with Crippen molar-refractivity contribution in [3.63, 3.8) is 0 Å². The molecule has 0 fully saturated rings. The van der Waals surface area contributed by atoms with Gasteiger partial charge >= 0.3 is 0 Å². The Labute approximate surface area is 130 Å². The Morgan fingerprint density at radius 1 is 1.48 bits per heavy atom. The molecule has 9 heteroatoms. The number of nitrogens with one attached hydrogen (secondary N) is 1. The number of rotatable bonds is 5. The van der Waals surface area contributed by atoms with E-state index in [1.807, 2.05) is 0 Å². The summed E-state index contributed by atoms with van der Waals surface area (Å²) in [6.07, 6.45) is 3.96. The summed E-state index contributed by atoms with van der Waals surface area (Å²) in [6.45, 7) is 0.197. The molecule has 0 aliphatic heterocycles. The zero-order chi connectivity index (χ0) is 15.6. The van der Waals surface area contributed by atoms with Crippen LogP contribution in [0.1, 0.15) is 5.56 Å². The summed E-state index contributed by atoms with van der Waals surface area (Å²) in [5.74, 6) is -0.609. The predicted molar refractivity (Wildman–Crippen MR) is 80.6 cm³/mol. The van der Waals surface area contributed by atoms with Gasteiger partial charge in [0.05, 0.1) is 16.4 Å². The van der Waals surface area contributed by atoms with Gasteiger partial charge in [0.1, 0.15) is 10.7 Å². The van der Waals surface area contributed by atoms with Crippen LogP contribution in [0.15, 0.2) is 33.9 Å². The van der Waals surface area contributed by atoms with E-state index >= 15 is 0 Å². The average Bonchev–Trinajstić information content (AvgIpc) is 2.79. The first-order valence-electron chi connectivity index (χ1n) is 6.01. The molecule has 21 heavy (non-hydrogen) atoms. The number of hydrogen-bond acceptors (Lipinski definition) is 4. The van der Waals surface area contributed by atoms with Crippen LogP contribution in [0.4, 0.5) is 10.1 Å². The summed E-state index contributed by atoms with van der Waals surface area (Å²) in [6, 6.07) is 2.12. The zero-order valence-electron chi connectivity index (χ0n) is 11.2. The van der Waals surface area contributed by atoms with E-state index in [4.69, 9.17) is 5.73 Å². The normalized spacial score (nSPS) is 11.8. The molecule has 0 unspecified atom stereocenters. The molecule has 0 radical (unpaired) electrons. The van der Waals surface area contributed by atoms with Crippen LogP contribution in [0.25, 0.3) is 0 Å². The van der Waals surface area contributed by atoms with Crippen LogP contribution < -0.4 is 10.5 Å². The fourth-order valence-corrected chi connectivity index (χ4v) is 3.45. The molecular formula is C12H14BrFN4O2S. The first-order chi connectivity index (χ1) is 9.79. The lowest BCUT2D eigenvalue weighted by molar-refractivity contribution is 0.581. The minimum atomic E-state index is -3.79. The molecule has 3 N–H and O–H groups in total. The summed E-state index contributed by atoms with van der Waals surface area (Å²) in [5.41, 5.74) is 6.35. The Hall–Kier alpha value is -1.45. The van der Waals surface area contributed by atoms with Crippen LogP contribution in [0.5, 0.6) is 0 Å². The van der Waals surface area contributed by atoms with Crippen molar-refractivity contribution in [1.82, 2.24) is 14.5 Å². The first kappa shape index (κ1) is 15.9. The molecule has 0 atom stereocenters. The number of hydrogen-bond donors (Lipinski definition) is 2. The SMILES string of the molecule is Cn1cc(CCNS(=O)(=O)c2cc(Br)c(F)cc2N)cn1. The van der Waals surface area contributed by atoms with Gasteiger partial charge < -0.3 is 5.73 Å². The molecule has 0 bridgehead atoms. The van der Waals surface area contributed by atoms with Crippen LogP contribution >= 0.6 is 15.9 Å². The van der Waals surface area contributed by atoms with E-state index in [2.05, 4.69) is 25.8 Å². The number of nitrogens with two attached hydrogens (primary N) is 1. The molecule has 114 valence electrons. The maximum absolute atomic E-state index is 13.3. The lowest BCUT2D eigenvalue weighted by Crippen LogP contribution is -2.26. The highest BCUT2D eigenvalue weighted by molar-refractivity contribution is 9.10. The van der Waals surface area contributed by atoms with Gasteiger partial charge in [-0.2, -0.15) is 5.10 Å². The van der Waals surface area contributed by atoms with Crippen LogP contribution in [-0.2, 0) is 23.5 Å².